The Balaban J connectivity index is 4.23. The molecule has 0 radical (unpaired) electrons. The molecule has 96 valence electrons. The summed E-state index contributed by atoms with van der Waals surface area (Å²) in [5.74, 6) is 0.215. The number of nitrogens with one attached hydrogen (secondary N) is 1. The number of rotatable bonds is 7. The summed E-state index contributed by atoms with van der Waals surface area (Å²) in [6.45, 7) is 8.61. The molecule has 4 heteroatoms. The molecular formula is C12H25NO3. The molecule has 0 aliphatic heterocycles. The summed E-state index contributed by atoms with van der Waals surface area (Å²) in [5, 5.41) is 12.3. The minimum atomic E-state index is -0.530. The molecule has 0 aromatic rings. The Kier molecular flexibility index (Phi) is 6.60. The molecule has 0 rings (SSSR count). The Morgan fingerprint density at radius 2 is 2.00 bits per heavy atom. The third-order valence-corrected chi connectivity index (χ3v) is 2.79. The van der Waals surface area contributed by atoms with Crippen molar-refractivity contribution in [1.29, 1.82) is 0 Å². The largest absolute Gasteiger partial charge is 0.469 e. The molecule has 0 aliphatic rings. The van der Waals surface area contributed by atoms with Crippen LogP contribution >= 0.6 is 0 Å². The fraction of sp³-hybridized carbons (Fsp3) is 0.917. The van der Waals surface area contributed by atoms with Gasteiger partial charge in [0.1, 0.15) is 0 Å². The van der Waals surface area contributed by atoms with Crippen LogP contribution in [-0.2, 0) is 9.53 Å². The van der Waals surface area contributed by atoms with E-state index in [2.05, 4.69) is 19.2 Å². The van der Waals surface area contributed by atoms with Gasteiger partial charge in [-0.25, -0.2) is 0 Å². The van der Waals surface area contributed by atoms with Crippen molar-refractivity contribution in [2.75, 3.05) is 20.3 Å². The van der Waals surface area contributed by atoms with Crippen LogP contribution in [0.2, 0.25) is 0 Å². The number of aliphatic hydroxyl groups is 1. The number of hydrogen-bond donors (Lipinski definition) is 2. The summed E-state index contributed by atoms with van der Waals surface area (Å²) < 4.78 is 4.74. The minimum absolute atomic E-state index is 0.161. The van der Waals surface area contributed by atoms with Crippen molar-refractivity contribution in [2.24, 2.45) is 11.3 Å². The fourth-order valence-electron chi connectivity index (χ4n) is 1.54. The van der Waals surface area contributed by atoms with Crippen LogP contribution in [-0.4, -0.2) is 37.4 Å². The molecule has 0 saturated carbocycles. The van der Waals surface area contributed by atoms with Crippen LogP contribution in [0.1, 0.15) is 34.1 Å². The molecule has 1 unspecified atom stereocenters. The van der Waals surface area contributed by atoms with E-state index in [-0.39, 0.29) is 18.6 Å². The van der Waals surface area contributed by atoms with Gasteiger partial charge in [0.2, 0.25) is 0 Å². The van der Waals surface area contributed by atoms with Gasteiger partial charge >= 0.3 is 5.97 Å². The smallest absolute Gasteiger partial charge is 0.312 e. The number of hydrogen-bond acceptors (Lipinski definition) is 4. The quantitative estimate of drug-likeness (QED) is 0.646. The zero-order chi connectivity index (χ0) is 12.8. The monoisotopic (exact) mass is 231 g/mol. The Hall–Kier alpha value is -0.610. The van der Waals surface area contributed by atoms with Gasteiger partial charge in [-0.15, -0.1) is 0 Å². The molecule has 0 amide bonds. The maximum absolute atomic E-state index is 11.5. The molecule has 1 atom stereocenters. The molecule has 0 aliphatic carbocycles. The predicted octanol–water partition coefficient (Wildman–Crippen LogP) is 1.18. The lowest BCUT2D eigenvalue weighted by atomic mass is 9.92. The van der Waals surface area contributed by atoms with E-state index in [1.54, 1.807) is 0 Å². The van der Waals surface area contributed by atoms with Crippen LogP contribution in [0, 0.1) is 11.3 Å². The maximum Gasteiger partial charge on any atom is 0.312 e. The first kappa shape index (κ1) is 15.4. The molecule has 0 aromatic carbocycles. The SMILES string of the molecule is COC(=O)C(C)(C)CNC(CCO)C(C)C. The third kappa shape index (κ3) is 4.94. The molecule has 0 saturated heterocycles. The summed E-state index contributed by atoms with van der Waals surface area (Å²) in [6, 6.07) is 0.230. The van der Waals surface area contributed by atoms with E-state index in [1.165, 1.54) is 7.11 Å². The van der Waals surface area contributed by atoms with E-state index in [0.717, 1.165) is 0 Å². The topological polar surface area (TPSA) is 58.6 Å². The van der Waals surface area contributed by atoms with Crippen molar-refractivity contribution in [3.05, 3.63) is 0 Å². The van der Waals surface area contributed by atoms with E-state index >= 15 is 0 Å². The molecule has 0 bridgehead atoms. The lowest BCUT2D eigenvalue weighted by Gasteiger charge is -2.28. The standard InChI is InChI=1S/C12H25NO3/c1-9(2)10(6-7-14)13-8-12(3,4)11(15)16-5/h9-10,13-14H,6-8H2,1-5H3. The molecule has 0 aromatic heterocycles. The summed E-state index contributed by atoms with van der Waals surface area (Å²) in [4.78, 5) is 11.5. The van der Waals surface area contributed by atoms with E-state index in [0.29, 0.717) is 18.9 Å². The highest BCUT2D eigenvalue weighted by atomic mass is 16.5. The Labute approximate surface area is 98.4 Å². The van der Waals surface area contributed by atoms with Crippen molar-refractivity contribution in [2.45, 2.75) is 40.2 Å². The first-order chi connectivity index (χ1) is 7.35. The molecule has 0 spiro atoms. The van der Waals surface area contributed by atoms with Gasteiger partial charge in [-0.1, -0.05) is 13.8 Å². The second-order valence-corrected chi connectivity index (χ2v) is 5.12. The van der Waals surface area contributed by atoms with Crippen molar-refractivity contribution >= 4 is 5.97 Å². The summed E-state index contributed by atoms with van der Waals surface area (Å²) >= 11 is 0. The lowest BCUT2D eigenvalue weighted by Crippen LogP contribution is -2.43. The van der Waals surface area contributed by atoms with E-state index < -0.39 is 5.41 Å². The number of aliphatic hydroxyl groups excluding tert-OH is 1. The lowest BCUT2D eigenvalue weighted by molar-refractivity contribution is -0.150. The van der Waals surface area contributed by atoms with Crippen LogP contribution in [0.15, 0.2) is 0 Å². The second kappa shape index (κ2) is 6.86. The number of carbonyl (C=O) groups excluding carboxylic acids is 1. The van der Waals surface area contributed by atoms with Gasteiger partial charge in [-0.05, 0) is 26.2 Å². The highest BCUT2D eigenvalue weighted by Crippen LogP contribution is 2.17. The zero-order valence-electron chi connectivity index (χ0n) is 11.0. The van der Waals surface area contributed by atoms with Gasteiger partial charge in [0.25, 0.3) is 0 Å². The van der Waals surface area contributed by atoms with Gasteiger partial charge in [-0.2, -0.15) is 0 Å². The van der Waals surface area contributed by atoms with Crippen LogP contribution in [0.25, 0.3) is 0 Å². The van der Waals surface area contributed by atoms with Crippen molar-refractivity contribution < 1.29 is 14.6 Å². The highest BCUT2D eigenvalue weighted by Gasteiger charge is 2.29. The summed E-state index contributed by atoms with van der Waals surface area (Å²) in [5.41, 5.74) is -0.530. The van der Waals surface area contributed by atoms with E-state index in [4.69, 9.17) is 9.84 Å². The van der Waals surface area contributed by atoms with Crippen LogP contribution < -0.4 is 5.32 Å². The average molecular weight is 231 g/mol. The second-order valence-electron chi connectivity index (χ2n) is 5.12. The molecular weight excluding hydrogens is 206 g/mol. The Morgan fingerprint density at radius 1 is 1.44 bits per heavy atom. The number of methoxy groups -OCH3 is 1. The van der Waals surface area contributed by atoms with Gasteiger partial charge in [0.05, 0.1) is 12.5 Å². The van der Waals surface area contributed by atoms with Gasteiger partial charge in [-0.3, -0.25) is 4.79 Å². The summed E-state index contributed by atoms with van der Waals surface area (Å²) in [6.07, 6.45) is 0.703. The molecule has 0 fully saturated rings. The molecule has 16 heavy (non-hydrogen) atoms. The van der Waals surface area contributed by atoms with Crippen molar-refractivity contribution in [1.82, 2.24) is 5.32 Å². The Morgan fingerprint density at radius 3 is 2.38 bits per heavy atom. The third-order valence-electron chi connectivity index (χ3n) is 2.79. The van der Waals surface area contributed by atoms with Gasteiger partial charge < -0.3 is 15.2 Å². The molecule has 0 heterocycles. The predicted molar refractivity (Wildman–Crippen MR) is 64.1 cm³/mol. The first-order valence-corrected chi connectivity index (χ1v) is 5.77. The number of ether oxygens (including phenoxy) is 1. The normalized spacial score (nSPS) is 13.9. The van der Waals surface area contributed by atoms with Gasteiger partial charge in [0, 0.05) is 19.2 Å². The zero-order valence-corrected chi connectivity index (χ0v) is 11.0. The fourth-order valence-corrected chi connectivity index (χ4v) is 1.54. The van der Waals surface area contributed by atoms with Crippen LogP contribution in [0.5, 0.6) is 0 Å². The van der Waals surface area contributed by atoms with E-state index in [1.807, 2.05) is 13.8 Å². The van der Waals surface area contributed by atoms with Crippen molar-refractivity contribution in [3.8, 4) is 0 Å². The number of carbonyl (C=O) groups is 1. The van der Waals surface area contributed by atoms with Crippen LogP contribution in [0.3, 0.4) is 0 Å². The van der Waals surface area contributed by atoms with Crippen LogP contribution in [0.4, 0.5) is 0 Å². The van der Waals surface area contributed by atoms with Gasteiger partial charge in [0.15, 0.2) is 0 Å². The summed E-state index contributed by atoms with van der Waals surface area (Å²) in [7, 11) is 1.40. The Bertz CT molecular complexity index is 214. The number of esters is 1. The minimum Gasteiger partial charge on any atom is -0.469 e. The maximum atomic E-state index is 11.5. The highest BCUT2D eigenvalue weighted by molar-refractivity contribution is 5.76. The average Bonchev–Trinajstić information content (AvgIpc) is 2.22. The molecule has 4 nitrogen and oxygen atoms in total. The van der Waals surface area contributed by atoms with E-state index in [9.17, 15) is 4.79 Å². The van der Waals surface area contributed by atoms with Crippen molar-refractivity contribution in [3.63, 3.8) is 0 Å². The molecule has 2 N–H and O–H groups in total. The first-order valence-electron chi connectivity index (χ1n) is 5.77.